The van der Waals surface area contributed by atoms with Gasteiger partial charge in [0.25, 0.3) is 0 Å². The Kier molecular flexibility index (Phi) is 3.56. The molecule has 4 nitrogen and oxygen atoms in total. The Balaban J connectivity index is 2.15. The van der Waals surface area contributed by atoms with Gasteiger partial charge in [0.1, 0.15) is 11.5 Å². The first-order chi connectivity index (χ1) is 9.85. The lowest BCUT2D eigenvalue weighted by Crippen LogP contribution is -2.21. The van der Waals surface area contributed by atoms with E-state index in [1.807, 2.05) is 12.1 Å². The quantitative estimate of drug-likeness (QED) is 0.931. The molecule has 1 aromatic heterocycles. The highest BCUT2D eigenvalue weighted by Crippen LogP contribution is 2.42. The topological polar surface area (TPSA) is 57.4 Å². The number of para-hydroxylation sites is 1. The minimum absolute atomic E-state index is 0.367. The summed E-state index contributed by atoms with van der Waals surface area (Å²) >= 11 is 0. The van der Waals surface area contributed by atoms with Crippen LogP contribution in [-0.2, 0) is 0 Å². The van der Waals surface area contributed by atoms with Gasteiger partial charge in [-0.05, 0) is 24.6 Å². The smallest absolute Gasteiger partial charge is 0.145 e. The summed E-state index contributed by atoms with van der Waals surface area (Å²) in [7, 11) is 1.65. The predicted octanol–water partition coefficient (Wildman–Crippen LogP) is 2.58. The van der Waals surface area contributed by atoms with Gasteiger partial charge in [-0.3, -0.25) is 4.98 Å². The lowest BCUT2D eigenvalue weighted by molar-refractivity contribution is 0.270. The first kappa shape index (κ1) is 12.9. The predicted molar refractivity (Wildman–Crippen MR) is 78.1 cm³/mol. The third kappa shape index (κ3) is 2.12. The highest BCUT2D eigenvalue weighted by molar-refractivity contribution is 5.77. The zero-order valence-electron chi connectivity index (χ0n) is 11.5. The largest absolute Gasteiger partial charge is 0.494 e. The van der Waals surface area contributed by atoms with Crippen molar-refractivity contribution < 1.29 is 9.47 Å². The number of aromatic nitrogens is 1. The van der Waals surface area contributed by atoms with Crippen LogP contribution >= 0.6 is 0 Å². The SMILES string of the molecule is COc1cnccc1-c1cccc2c1OCC[C@@H]2CN. The van der Waals surface area contributed by atoms with Crippen LogP contribution in [0.15, 0.2) is 36.7 Å². The van der Waals surface area contributed by atoms with Gasteiger partial charge in [-0.15, -0.1) is 0 Å². The number of hydrogen-bond donors (Lipinski definition) is 1. The Morgan fingerprint density at radius 2 is 2.25 bits per heavy atom. The molecule has 0 saturated heterocycles. The number of methoxy groups -OCH3 is 1. The molecule has 3 rings (SSSR count). The maximum Gasteiger partial charge on any atom is 0.145 e. The van der Waals surface area contributed by atoms with Crippen LogP contribution < -0.4 is 15.2 Å². The molecule has 0 radical (unpaired) electrons. The second kappa shape index (κ2) is 5.51. The molecule has 0 fully saturated rings. The third-order valence-corrected chi connectivity index (χ3v) is 3.78. The molecular formula is C16H18N2O2. The minimum atomic E-state index is 0.367. The molecule has 0 spiro atoms. The van der Waals surface area contributed by atoms with Crippen LogP contribution in [0, 0.1) is 0 Å². The van der Waals surface area contributed by atoms with E-state index in [2.05, 4.69) is 17.1 Å². The summed E-state index contributed by atoms with van der Waals surface area (Å²) in [6, 6.07) is 8.15. The van der Waals surface area contributed by atoms with Crippen LogP contribution in [-0.4, -0.2) is 25.2 Å². The molecule has 0 amide bonds. The van der Waals surface area contributed by atoms with Gasteiger partial charge in [0, 0.05) is 23.2 Å². The molecule has 4 heteroatoms. The van der Waals surface area contributed by atoms with Gasteiger partial charge in [0.05, 0.1) is 19.9 Å². The maximum atomic E-state index is 5.91. The summed E-state index contributed by atoms with van der Waals surface area (Å²) in [5.74, 6) is 2.05. The normalized spacial score (nSPS) is 17.2. The van der Waals surface area contributed by atoms with Crippen molar-refractivity contribution in [2.24, 2.45) is 5.73 Å². The lowest BCUT2D eigenvalue weighted by Gasteiger charge is -2.27. The molecule has 0 bridgehead atoms. The molecule has 1 aromatic carbocycles. The van der Waals surface area contributed by atoms with Gasteiger partial charge in [-0.2, -0.15) is 0 Å². The number of rotatable bonds is 3. The van der Waals surface area contributed by atoms with Gasteiger partial charge >= 0.3 is 0 Å². The second-order valence-corrected chi connectivity index (χ2v) is 4.87. The average molecular weight is 270 g/mol. The number of benzene rings is 1. The summed E-state index contributed by atoms with van der Waals surface area (Å²) < 4.78 is 11.3. The van der Waals surface area contributed by atoms with E-state index in [1.54, 1.807) is 19.5 Å². The Bertz CT molecular complexity index is 613. The van der Waals surface area contributed by atoms with E-state index in [9.17, 15) is 0 Å². The fraction of sp³-hybridized carbons (Fsp3) is 0.312. The van der Waals surface area contributed by atoms with Crippen molar-refractivity contribution in [3.63, 3.8) is 0 Å². The Hall–Kier alpha value is -2.07. The Morgan fingerprint density at radius 3 is 3.05 bits per heavy atom. The monoisotopic (exact) mass is 270 g/mol. The van der Waals surface area contributed by atoms with Crippen LogP contribution in [0.5, 0.6) is 11.5 Å². The van der Waals surface area contributed by atoms with Crippen LogP contribution in [0.3, 0.4) is 0 Å². The van der Waals surface area contributed by atoms with E-state index in [4.69, 9.17) is 15.2 Å². The summed E-state index contributed by atoms with van der Waals surface area (Å²) in [5.41, 5.74) is 9.10. The van der Waals surface area contributed by atoms with Gasteiger partial charge in [0.2, 0.25) is 0 Å². The van der Waals surface area contributed by atoms with Gasteiger partial charge in [-0.1, -0.05) is 18.2 Å². The first-order valence-corrected chi connectivity index (χ1v) is 6.79. The molecule has 2 aromatic rings. The minimum Gasteiger partial charge on any atom is -0.494 e. The van der Waals surface area contributed by atoms with Crippen molar-refractivity contribution in [3.05, 3.63) is 42.2 Å². The Labute approximate surface area is 118 Å². The van der Waals surface area contributed by atoms with Crippen molar-refractivity contribution in [1.82, 2.24) is 4.98 Å². The van der Waals surface area contributed by atoms with Crippen molar-refractivity contribution >= 4 is 0 Å². The van der Waals surface area contributed by atoms with E-state index in [0.29, 0.717) is 19.1 Å². The number of hydrogen-bond acceptors (Lipinski definition) is 4. The molecular weight excluding hydrogens is 252 g/mol. The number of ether oxygens (including phenoxy) is 2. The van der Waals surface area contributed by atoms with E-state index in [0.717, 1.165) is 29.0 Å². The standard InChI is InChI=1S/C16H18N2O2/c1-19-15-10-18-7-5-13(15)14-4-2-3-12-11(9-17)6-8-20-16(12)14/h2-5,7,10-11H,6,8-9,17H2,1H3/t11-/m1/s1. The van der Waals surface area contributed by atoms with Crippen LogP contribution in [0.4, 0.5) is 0 Å². The third-order valence-electron chi connectivity index (χ3n) is 3.78. The highest BCUT2D eigenvalue weighted by atomic mass is 16.5. The molecule has 20 heavy (non-hydrogen) atoms. The van der Waals surface area contributed by atoms with Gasteiger partial charge in [0.15, 0.2) is 0 Å². The summed E-state index contributed by atoms with van der Waals surface area (Å²) in [6.45, 7) is 1.35. The molecule has 1 aliphatic rings. The Morgan fingerprint density at radius 1 is 1.35 bits per heavy atom. The fourth-order valence-corrected chi connectivity index (χ4v) is 2.72. The molecule has 2 N–H and O–H groups in total. The van der Waals surface area contributed by atoms with Crippen LogP contribution in [0.1, 0.15) is 17.9 Å². The summed E-state index contributed by atoms with van der Waals surface area (Å²) in [6.07, 6.45) is 4.46. The van der Waals surface area contributed by atoms with E-state index < -0.39 is 0 Å². The van der Waals surface area contributed by atoms with E-state index in [1.165, 1.54) is 5.56 Å². The number of fused-ring (bicyclic) bond motifs is 1. The first-order valence-electron chi connectivity index (χ1n) is 6.79. The second-order valence-electron chi connectivity index (χ2n) is 4.87. The van der Waals surface area contributed by atoms with Gasteiger partial charge < -0.3 is 15.2 Å². The van der Waals surface area contributed by atoms with E-state index >= 15 is 0 Å². The summed E-state index contributed by atoms with van der Waals surface area (Å²) in [5, 5.41) is 0. The van der Waals surface area contributed by atoms with Crippen molar-refractivity contribution in [2.45, 2.75) is 12.3 Å². The molecule has 2 heterocycles. The molecule has 1 aliphatic heterocycles. The van der Waals surface area contributed by atoms with Crippen LogP contribution in [0.2, 0.25) is 0 Å². The molecule has 0 unspecified atom stereocenters. The molecule has 104 valence electrons. The lowest BCUT2D eigenvalue weighted by atomic mass is 9.90. The number of nitrogens with two attached hydrogens (primary N) is 1. The molecule has 1 atom stereocenters. The number of nitrogens with zero attached hydrogens (tertiary/aromatic N) is 1. The fourth-order valence-electron chi connectivity index (χ4n) is 2.72. The molecule has 0 aliphatic carbocycles. The van der Waals surface area contributed by atoms with Crippen molar-refractivity contribution in [1.29, 1.82) is 0 Å². The zero-order chi connectivity index (χ0) is 13.9. The highest BCUT2D eigenvalue weighted by Gasteiger charge is 2.24. The molecule has 0 saturated carbocycles. The zero-order valence-corrected chi connectivity index (χ0v) is 11.5. The van der Waals surface area contributed by atoms with Crippen molar-refractivity contribution in [2.75, 3.05) is 20.3 Å². The van der Waals surface area contributed by atoms with Gasteiger partial charge in [-0.25, -0.2) is 0 Å². The van der Waals surface area contributed by atoms with E-state index in [-0.39, 0.29) is 0 Å². The van der Waals surface area contributed by atoms with Crippen molar-refractivity contribution in [3.8, 4) is 22.6 Å². The average Bonchev–Trinajstić information content (AvgIpc) is 2.53. The maximum absolute atomic E-state index is 5.91. The van der Waals surface area contributed by atoms with Crippen LogP contribution in [0.25, 0.3) is 11.1 Å². The summed E-state index contributed by atoms with van der Waals surface area (Å²) in [4.78, 5) is 4.10. The number of pyridine rings is 1.